The summed E-state index contributed by atoms with van der Waals surface area (Å²) >= 11 is 0. The molecule has 1 aromatic rings. The van der Waals surface area contributed by atoms with E-state index in [2.05, 4.69) is 0 Å². The van der Waals surface area contributed by atoms with Crippen LogP contribution in [0, 0.1) is 5.92 Å². The molecule has 0 radical (unpaired) electrons. The van der Waals surface area contributed by atoms with Crippen LogP contribution in [0.5, 0.6) is 5.75 Å². The molecule has 1 aliphatic rings. The van der Waals surface area contributed by atoms with E-state index in [0.29, 0.717) is 19.1 Å². The van der Waals surface area contributed by atoms with Gasteiger partial charge in [0.2, 0.25) is 0 Å². The molecule has 0 bridgehead atoms. The largest absolute Gasteiger partial charge is 0.494 e. The molecule has 1 atom stereocenters. The van der Waals surface area contributed by atoms with E-state index in [1.807, 2.05) is 38.1 Å². The summed E-state index contributed by atoms with van der Waals surface area (Å²) in [5, 5.41) is 0. The van der Waals surface area contributed by atoms with Gasteiger partial charge in [-0.1, -0.05) is 18.2 Å². The van der Waals surface area contributed by atoms with Gasteiger partial charge in [-0.15, -0.1) is 0 Å². The van der Waals surface area contributed by atoms with Gasteiger partial charge in [0.25, 0.3) is 10.2 Å². The smallest absolute Gasteiger partial charge is 0.282 e. The fourth-order valence-corrected chi connectivity index (χ4v) is 3.89. The Morgan fingerprint density at radius 2 is 1.91 bits per heavy atom. The maximum atomic E-state index is 12.7. The molecular formula is C16H26N2O3S. The Labute approximate surface area is 134 Å². The van der Waals surface area contributed by atoms with Crippen LogP contribution < -0.4 is 4.74 Å². The van der Waals surface area contributed by atoms with Crippen molar-refractivity contribution in [3.63, 3.8) is 0 Å². The van der Waals surface area contributed by atoms with Gasteiger partial charge < -0.3 is 4.74 Å². The summed E-state index contributed by atoms with van der Waals surface area (Å²) in [6, 6.07) is 7.62. The highest BCUT2D eigenvalue weighted by atomic mass is 32.2. The molecule has 5 nitrogen and oxygen atoms in total. The molecule has 22 heavy (non-hydrogen) atoms. The second-order valence-corrected chi connectivity index (χ2v) is 7.99. The Morgan fingerprint density at radius 1 is 1.27 bits per heavy atom. The minimum absolute atomic E-state index is 0.0505. The van der Waals surface area contributed by atoms with E-state index >= 15 is 0 Å². The van der Waals surface area contributed by atoms with E-state index in [1.165, 1.54) is 8.61 Å². The SMILES string of the molecule is CCOc1ccccc1CN(C)S(=O)(=O)N(C)C(C)C1CC1. The summed E-state index contributed by atoms with van der Waals surface area (Å²) in [7, 11) is -0.173. The summed E-state index contributed by atoms with van der Waals surface area (Å²) in [4.78, 5) is 0. The molecule has 6 heteroatoms. The van der Waals surface area contributed by atoms with Crippen LogP contribution in [0.25, 0.3) is 0 Å². The topological polar surface area (TPSA) is 49.9 Å². The monoisotopic (exact) mass is 326 g/mol. The zero-order chi connectivity index (χ0) is 16.3. The van der Waals surface area contributed by atoms with Crippen molar-refractivity contribution in [2.24, 2.45) is 5.92 Å². The van der Waals surface area contributed by atoms with Crippen LogP contribution >= 0.6 is 0 Å². The highest BCUT2D eigenvalue weighted by molar-refractivity contribution is 7.86. The number of ether oxygens (including phenoxy) is 1. The molecule has 1 fully saturated rings. The van der Waals surface area contributed by atoms with Crippen LogP contribution in [-0.4, -0.2) is 43.8 Å². The highest BCUT2D eigenvalue weighted by Crippen LogP contribution is 2.36. The van der Waals surface area contributed by atoms with Gasteiger partial charge in [0.1, 0.15) is 5.75 Å². The zero-order valence-corrected chi connectivity index (χ0v) is 14.6. The summed E-state index contributed by atoms with van der Waals surface area (Å²) in [5.41, 5.74) is 0.878. The summed E-state index contributed by atoms with van der Waals surface area (Å²) < 4.78 is 33.8. The van der Waals surface area contributed by atoms with Gasteiger partial charge in [0.15, 0.2) is 0 Å². The van der Waals surface area contributed by atoms with Gasteiger partial charge in [0.05, 0.1) is 6.61 Å². The predicted octanol–water partition coefficient (Wildman–Crippen LogP) is 2.49. The third-order valence-electron chi connectivity index (χ3n) is 4.30. The molecule has 0 aromatic heterocycles. The van der Waals surface area contributed by atoms with Crippen molar-refractivity contribution < 1.29 is 13.2 Å². The predicted molar refractivity (Wildman–Crippen MR) is 87.9 cm³/mol. The maximum absolute atomic E-state index is 12.7. The van der Waals surface area contributed by atoms with Crippen LogP contribution in [0.4, 0.5) is 0 Å². The molecule has 0 aliphatic heterocycles. The van der Waals surface area contributed by atoms with Crippen molar-refractivity contribution >= 4 is 10.2 Å². The Bertz CT molecular complexity index is 599. The molecule has 124 valence electrons. The van der Waals surface area contributed by atoms with Gasteiger partial charge >= 0.3 is 0 Å². The lowest BCUT2D eigenvalue weighted by molar-refractivity contribution is 0.313. The van der Waals surface area contributed by atoms with Crippen molar-refractivity contribution in [1.82, 2.24) is 8.61 Å². The second kappa shape index (κ2) is 6.98. The lowest BCUT2D eigenvalue weighted by Gasteiger charge is -2.29. The number of nitrogens with zero attached hydrogens (tertiary/aromatic N) is 2. The van der Waals surface area contributed by atoms with E-state index in [4.69, 9.17) is 4.74 Å². The van der Waals surface area contributed by atoms with Gasteiger partial charge in [-0.25, -0.2) is 0 Å². The molecule has 0 saturated heterocycles. The summed E-state index contributed by atoms with van der Waals surface area (Å²) in [6.07, 6.45) is 2.25. The number of rotatable bonds is 8. The lowest BCUT2D eigenvalue weighted by Crippen LogP contribution is -2.44. The Morgan fingerprint density at radius 3 is 2.50 bits per heavy atom. The first kappa shape index (κ1) is 17.2. The second-order valence-electron chi connectivity index (χ2n) is 5.90. The van der Waals surface area contributed by atoms with Crippen LogP contribution in [0.3, 0.4) is 0 Å². The van der Waals surface area contributed by atoms with Crippen molar-refractivity contribution in [3.8, 4) is 5.75 Å². The van der Waals surface area contributed by atoms with Gasteiger partial charge in [-0.2, -0.15) is 17.0 Å². The van der Waals surface area contributed by atoms with E-state index in [-0.39, 0.29) is 6.04 Å². The summed E-state index contributed by atoms with van der Waals surface area (Å²) in [6.45, 7) is 4.77. The van der Waals surface area contributed by atoms with Crippen LogP contribution in [-0.2, 0) is 16.8 Å². The molecule has 0 amide bonds. The molecule has 1 aliphatic carbocycles. The molecule has 0 N–H and O–H groups in total. The van der Waals surface area contributed by atoms with Crippen molar-refractivity contribution in [2.45, 2.75) is 39.3 Å². The van der Waals surface area contributed by atoms with Crippen LogP contribution in [0.2, 0.25) is 0 Å². The normalized spacial score (nSPS) is 17.0. The Hall–Kier alpha value is -1.11. The standard InChI is InChI=1S/C16H26N2O3S/c1-5-21-16-9-7-6-8-15(16)12-17(3)22(19,20)18(4)13(2)14-10-11-14/h6-9,13-14H,5,10-12H2,1-4H3. The van der Waals surface area contributed by atoms with E-state index < -0.39 is 10.2 Å². The third kappa shape index (κ3) is 3.80. The van der Waals surface area contributed by atoms with Gasteiger partial charge in [0, 0.05) is 32.2 Å². The zero-order valence-electron chi connectivity index (χ0n) is 13.8. The van der Waals surface area contributed by atoms with Crippen LogP contribution in [0.15, 0.2) is 24.3 Å². The van der Waals surface area contributed by atoms with Gasteiger partial charge in [-0.05, 0) is 38.7 Å². The molecule has 0 heterocycles. The van der Waals surface area contributed by atoms with E-state index in [0.717, 1.165) is 24.2 Å². The quantitative estimate of drug-likeness (QED) is 0.737. The average molecular weight is 326 g/mol. The molecular weight excluding hydrogens is 300 g/mol. The maximum Gasteiger partial charge on any atom is 0.282 e. The minimum Gasteiger partial charge on any atom is -0.494 e. The summed E-state index contributed by atoms with van der Waals surface area (Å²) in [5.74, 6) is 1.24. The van der Waals surface area contributed by atoms with Gasteiger partial charge in [-0.3, -0.25) is 0 Å². The number of hydrogen-bond donors (Lipinski definition) is 0. The lowest BCUT2D eigenvalue weighted by atomic mass is 10.2. The Balaban J connectivity index is 2.12. The first-order valence-electron chi connectivity index (χ1n) is 7.78. The van der Waals surface area contributed by atoms with E-state index in [9.17, 15) is 8.42 Å². The van der Waals surface area contributed by atoms with Crippen molar-refractivity contribution in [1.29, 1.82) is 0 Å². The number of benzene rings is 1. The fourth-order valence-electron chi connectivity index (χ4n) is 2.56. The molecule has 1 saturated carbocycles. The third-order valence-corrected chi connectivity index (χ3v) is 6.28. The average Bonchev–Trinajstić information content (AvgIpc) is 3.32. The molecule has 1 unspecified atom stereocenters. The molecule has 2 rings (SSSR count). The first-order chi connectivity index (χ1) is 10.4. The van der Waals surface area contributed by atoms with Crippen LogP contribution in [0.1, 0.15) is 32.3 Å². The van der Waals surface area contributed by atoms with Crippen molar-refractivity contribution in [3.05, 3.63) is 29.8 Å². The van der Waals surface area contributed by atoms with E-state index in [1.54, 1.807) is 14.1 Å². The molecule has 1 aromatic carbocycles. The molecule has 0 spiro atoms. The fraction of sp³-hybridized carbons (Fsp3) is 0.625. The number of hydrogen-bond acceptors (Lipinski definition) is 3. The minimum atomic E-state index is -3.46. The Kier molecular flexibility index (Phi) is 5.47. The highest BCUT2D eigenvalue weighted by Gasteiger charge is 2.37. The number of para-hydroxylation sites is 1. The van der Waals surface area contributed by atoms with Crippen molar-refractivity contribution in [2.75, 3.05) is 20.7 Å². The first-order valence-corrected chi connectivity index (χ1v) is 9.17.